The first-order valence-corrected chi connectivity index (χ1v) is 12.6. The van der Waals surface area contributed by atoms with E-state index in [9.17, 15) is 14.4 Å². The van der Waals surface area contributed by atoms with Gasteiger partial charge in [-0.25, -0.2) is 14.6 Å². The van der Waals surface area contributed by atoms with Gasteiger partial charge in [-0.05, 0) is 82.3 Å². The summed E-state index contributed by atoms with van der Waals surface area (Å²) in [5.41, 5.74) is 3.02. The number of carbonyl (C=O) groups excluding carboxylic acids is 3. The molecule has 1 aromatic heterocycles. The fourth-order valence-corrected chi connectivity index (χ4v) is 3.87. The third-order valence-electron chi connectivity index (χ3n) is 5.72. The van der Waals surface area contributed by atoms with E-state index in [0.29, 0.717) is 30.2 Å². The second kappa shape index (κ2) is 12.4. The van der Waals surface area contributed by atoms with Crippen LogP contribution in [0, 0.1) is 0 Å². The lowest BCUT2D eigenvalue weighted by Gasteiger charge is -2.19. The maximum Gasteiger partial charge on any atom is 0.407 e. The van der Waals surface area contributed by atoms with E-state index in [0.717, 1.165) is 42.3 Å². The van der Waals surface area contributed by atoms with Gasteiger partial charge in [0.2, 0.25) is 5.95 Å². The van der Waals surface area contributed by atoms with Crippen molar-refractivity contribution in [3.05, 3.63) is 59.2 Å². The predicted octanol–water partition coefficient (Wildman–Crippen LogP) is 5.33. The van der Waals surface area contributed by atoms with Crippen molar-refractivity contribution in [3.8, 4) is 0 Å². The molecule has 0 saturated heterocycles. The van der Waals surface area contributed by atoms with E-state index in [2.05, 4.69) is 23.6 Å². The summed E-state index contributed by atoms with van der Waals surface area (Å²) in [5, 5.41) is 5.69. The fourth-order valence-electron chi connectivity index (χ4n) is 3.87. The number of hydrogen-bond acceptors (Lipinski definition) is 6. The van der Waals surface area contributed by atoms with Gasteiger partial charge >= 0.3 is 12.1 Å². The lowest BCUT2D eigenvalue weighted by Crippen LogP contribution is -2.33. The fraction of sp³-hybridized carbons (Fsp3) is 0.429. The monoisotopic (exact) mass is 508 g/mol. The zero-order valence-electron chi connectivity index (χ0n) is 22.2. The Morgan fingerprint density at radius 3 is 2.46 bits per heavy atom. The van der Waals surface area contributed by atoms with Crippen LogP contribution in [0.4, 0.5) is 10.7 Å². The van der Waals surface area contributed by atoms with Gasteiger partial charge in [0.15, 0.2) is 0 Å². The summed E-state index contributed by atoms with van der Waals surface area (Å²) >= 11 is 0. The number of anilines is 1. The van der Waals surface area contributed by atoms with Crippen LogP contribution in [0.1, 0.15) is 73.2 Å². The number of methoxy groups -OCH3 is 1. The van der Waals surface area contributed by atoms with E-state index in [1.807, 2.05) is 37.5 Å². The minimum absolute atomic E-state index is 0.302. The molecule has 9 heteroatoms. The highest BCUT2D eigenvalue weighted by molar-refractivity contribution is 6.05. The molecule has 0 aliphatic heterocycles. The number of nitrogens with one attached hydrogen (secondary N) is 2. The standard InChI is InChI=1S/C28H36N4O5/c1-6-19-13-14-23-22(17-19)30-26(31-24(33)20-11-10-12-21(18-20)25(34)36-5)32(23)16-9-7-8-15-29-27(35)37-28(2,3)4/h10-14,17-18H,6-9,15-16H2,1-5H3,(H,29,35)(H,30,31,33). The summed E-state index contributed by atoms with van der Waals surface area (Å²) in [6, 6.07) is 12.5. The maximum absolute atomic E-state index is 13.0. The van der Waals surface area contributed by atoms with Crippen molar-refractivity contribution in [3.63, 3.8) is 0 Å². The molecule has 2 N–H and O–H groups in total. The van der Waals surface area contributed by atoms with Crippen LogP contribution < -0.4 is 10.6 Å². The summed E-state index contributed by atoms with van der Waals surface area (Å²) in [6.07, 6.45) is 2.97. The van der Waals surface area contributed by atoms with Gasteiger partial charge in [0.1, 0.15) is 5.60 Å². The summed E-state index contributed by atoms with van der Waals surface area (Å²) in [5.74, 6) is -0.418. The molecule has 0 saturated carbocycles. The first kappa shape index (κ1) is 27.7. The first-order chi connectivity index (χ1) is 17.6. The number of alkyl carbamates (subject to hydrolysis) is 1. The summed E-state index contributed by atoms with van der Waals surface area (Å²) in [4.78, 5) is 41.4. The van der Waals surface area contributed by atoms with Crippen LogP contribution in [0.2, 0.25) is 0 Å². The number of nitrogens with zero attached hydrogens (tertiary/aromatic N) is 2. The number of amides is 2. The number of imidazole rings is 1. The Balaban J connectivity index is 1.69. The Kier molecular flexibility index (Phi) is 9.27. The highest BCUT2D eigenvalue weighted by Gasteiger charge is 2.17. The average molecular weight is 509 g/mol. The second-order valence-electron chi connectivity index (χ2n) is 9.78. The summed E-state index contributed by atoms with van der Waals surface area (Å²) in [6.45, 7) is 8.75. The molecule has 0 aliphatic carbocycles. The van der Waals surface area contributed by atoms with E-state index >= 15 is 0 Å². The van der Waals surface area contributed by atoms with Crippen LogP contribution in [-0.4, -0.2) is 46.8 Å². The Morgan fingerprint density at radius 1 is 1.00 bits per heavy atom. The molecular weight excluding hydrogens is 472 g/mol. The first-order valence-electron chi connectivity index (χ1n) is 12.6. The van der Waals surface area contributed by atoms with Gasteiger partial charge < -0.3 is 19.4 Å². The molecule has 198 valence electrons. The van der Waals surface area contributed by atoms with Crippen molar-refractivity contribution >= 4 is 35.0 Å². The van der Waals surface area contributed by atoms with Crippen LogP contribution in [0.3, 0.4) is 0 Å². The van der Waals surface area contributed by atoms with Crippen molar-refractivity contribution in [1.29, 1.82) is 0 Å². The van der Waals surface area contributed by atoms with Gasteiger partial charge in [0.25, 0.3) is 5.91 Å². The number of unbranched alkanes of at least 4 members (excludes halogenated alkanes) is 2. The van der Waals surface area contributed by atoms with Crippen LogP contribution in [0.25, 0.3) is 11.0 Å². The number of ether oxygens (including phenoxy) is 2. The predicted molar refractivity (Wildman–Crippen MR) is 143 cm³/mol. The number of esters is 1. The Labute approximate surface area is 217 Å². The Hall–Kier alpha value is -3.88. The van der Waals surface area contributed by atoms with Crippen molar-refractivity contribution in [2.24, 2.45) is 0 Å². The summed E-state index contributed by atoms with van der Waals surface area (Å²) < 4.78 is 12.0. The van der Waals surface area contributed by atoms with Crippen LogP contribution in [0.15, 0.2) is 42.5 Å². The quantitative estimate of drug-likeness (QED) is 0.283. The number of hydrogen-bond donors (Lipinski definition) is 2. The van der Waals surface area contributed by atoms with Gasteiger partial charge in [-0.1, -0.05) is 19.1 Å². The lowest BCUT2D eigenvalue weighted by atomic mass is 10.1. The second-order valence-corrected chi connectivity index (χ2v) is 9.78. The molecule has 37 heavy (non-hydrogen) atoms. The van der Waals surface area contributed by atoms with Crippen LogP contribution >= 0.6 is 0 Å². The average Bonchev–Trinajstić information content (AvgIpc) is 3.20. The lowest BCUT2D eigenvalue weighted by molar-refractivity contribution is 0.0525. The van der Waals surface area contributed by atoms with Crippen molar-refractivity contribution in [2.45, 2.75) is 65.5 Å². The van der Waals surface area contributed by atoms with Gasteiger partial charge in [-0.3, -0.25) is 10.1 Å². The molecule has 0 fully saturated rings. The van der Waals surface area contributed by atoms with Gasteiger partial charge in [-0.2, -0.15) is 0 Å². The normalized spacial score (nSPS) is 11.3. The van der Waals surface area contributed by atoms with Crippen molar-refractivity contribution in [1.82, 2.24) is 14.9 Å². The summed E-state index contributed by atoms with van der Waals surface area (Å²) in [7, 11) is 1.30. The molecule has 9 nitrogen and oxygen atoms in total. The van der Waals surface area contributed by atoms with Gasteiger partial charge in [0, 0.05) is 18.7 Å². The minimum atomic E-state index is -0.522. The zero-order valence-corrected chi connectivity index (χ0v) is 22.2. The number of carbonyl (C=O) groups is 3. The number of aromatic nitrogens is 2. The van der Waals surface area contributed by atoms with E-state index in [1.54, 1.807) is 18.2 Å². The number of rotatable bonds is 10. The maximum atomic E-state index is 13.0. The third kappa shape index (κ3) is 7.80. The van der Waals surface area contributed by atoms with Crippen LogP contribution in [-0.2, 0) is 22.4 Å². The number of benzene rings is 2. The molecule has 2 amide bonds. The van der Waals surface area contributed by atoms with Crippen LogP contribution in [0.5, 0.6) is 0 Å². The number of aryl methyl sites for hydroxylation is 2. The van der Waals surface area contributed by atoms with E-state index in [4.69, 9.17) is 14.5 Å². The molecule has 0 unspecified atom stereocenters. The molecule has 0 radical (unpaired) electrons. The molecule has 0 atom stereocenters. The topological polar surface area (TPSA) is 112 Å². The minimum Gasteiger partial charge on any atom is -0.465 e. The molecule has 1 heterocycles. The highest BCUT2D eigenvalue weighted by Crippen LogP contribution is 2.23. The molecule has 0 spiro atoms. The third-order valence-corrected chi connectivity index (χ3v) is 5.72. The van der Waals surface area contributed by atoms with Crippen molar-refractivity contribution < 1.29 is 23.9 Å². The van der Waals surface area contributed by atoms with E-state index < -0.39 is 17.7 Å². The van der Waals surface area contributed by atoms with Gasteiger partial charge in [-0.15, -0.1) is 0 Å². The largest absolute Gasteiger partial charge is 0.465 e. The number of fused-ring (bicyclic) bond motifs is 1. The van der Waals surface area contributed by atoms with Crippen molar-refractivity contribution in [2.75, 3.05) is 19.0 Å². The molecule has 2 aromatic carbocycles. The highest BCUT2D eigenvalue weighted by atomic mass is 16.6. The molecule has 3 aromatic rings. The van der Waals surface area contributed by atoms with E-state index in [-0.39, 0.29) is 5.91 Å². The molecule has 0 aliphatic rings. The van der Waals surface area contributed by atoms with E-state index in [1.165, 1.54) is 13.2 Å². The zero-order chi connectivity index (χ0) is 27.0. The smallest absolute Gasteiger partial charge is 0.407 e. The Morgan fingerprint density at radius 2 is 1.76 bits per heavy atom. The Bertz CT molecular complexity index is 1260. The van der Waals surface area contributed by atoms with Gasteiger partial charge in [0.05, 0.1) is 23.7 Å². The molecule has 3 rings (SSSR count). The molecular formula is C28H36N4O5. The molecule has 0 bridgehead atoms. The SMILES string of the molecule is CCc1ccc2c(c1)nc(NC(=O)c1cccc(C(=O)OC)c1)n2CCCCCNC(=O)OC(C)(C)C.